The number of hydrogen-bond acceptors (Lipinski definition) is 4. The summed E-state index contributed by atoms with van der Waals surface area (Å²) in [4.78, 5) is 0. The van der Waals surface area contributed by atoms with Crippen LogP contribution in [0.2, 0.25) is 0 Å². The highest BCUT2D eigenvalue weighted by molar-refractivity contribution is 8.04. The summed E-state index contributed by atoms with van der Waals surface area (Å²) in [7, 11) is 0. The van der Waals surface area contributed by atoms with Crippen LogP contribution in [0.3, 0.4) is 0 Å². The van der Waals surface area contributed by atoms with Crippen molar-refractivity contribution in [2.24, 2.45) is 0 Å². The Balaban J connectivity index is 3.34. The molecular weight excluding hydrogens is 236 g/mol. The number of hydrogen-bond donors (Lipinski definition) is 2. The molecule has 0 aliphatic heterocycles. The van der Waals surface area contributed by atoms with E-state index < -0.39 is 0 Å². The predicted octanol–water partition coefficient (Wildman–Crippen LogP) is 3.48. The third-order valence-corrected chi connectivity index (χ3v) is 5.79. The fourth-order valence-corrected chi connectivity index (χ4v) is 3.21. The molecule has 0 aromatic carbocycles. The van der Waals surface area contributed by atoms with E-state index in [0.717, 1.165) is 16.8 Å². The standard InChI is InChI=1S/C9H20S4/c1-7(11)5-12-9(3)6-13-8(2)4-10/h7-11H,4-6H2,1-3H3. The van der Waals surface area contributed by atoms with E-state index in [0.29, 0.717) is 10.5 Å². The number of rotatable bonds is 7. The zero-order valence-corrected chi connectivity index (χ0v) is 12.0. The lowest BCUT2D eigenvalue weighted by atomic mass is 10.5. The Morgan fingerprint density at radius 1 is 1.00 bits per heavy atom. The van der Waals surface area contributed by atoms with Gasteiger partial charge in [-0.25, -0.2) is 0 Å². The molecular formula is C9H20S4. The molecule has 0 amide bonds. The van der Waals surface area contributed by atoms with Crippen LogP contribution in [-0.2, 0) is 0 Å². The summed E-state index contributed by atoms with van der Waals surface area (Å²) in [5.74, 6) is 3.36. The molecule has 0 fully saturated rings. The van der Waals surface area contributed by atoms with Gasteiger partial charge in [-0.15, -0.1) is 0 Å². The molecule has 13 heavy (non-hydrogen) atoms. The largest absolute Gasteiger partial charge is 0.178 e. The van der Waals surface area contributed by atoms with E-state index in [1.54, 1.807) is 0 Å². The minimum atomic E-state index is 0.514. The quantitative estimate of drug-likeness (QED) is 0.669. The van der Waals surface area contributed by atoms with Crippen molar-refractivity contribution in [1.29, 1.82) is 0 Å². The maximum Gasteiger partial charge on any atom is 0.0110 e. The van der Waals surface area contributed by atoms with Crippen LogP contribution in [0.25, 0.3) is 0 Å². The highest BCUT2D eigenvalue weighted by Crippen LogP contribution is 2.21. The molecule has 0 spiro atoms. The first-order valence-electron chi connectivity index (χ1n) is 4.58. The molecule has 80 valence electrons. The van der Waals surface area contributed by atoms with Crippen molar-refractivity contribution in [3.05, 3.63) is 0 Å². The first-order valence-corrected chi connectivity index (χ1v) is 7.83. The van der Waals surface area contributed by atoms with Crippen LogP contribution < -0.4 is 0 Å². The third-order valence-electron chi connectivity index (χ3n) is 1.49. The topological polar surface area (TPSA) is 0 Å². The van der Waals surface area contributed by atoms with E-state index in [9.17, 15) is 0 Å². The van der Waals surface area contributed by atoms with Crippen molar-refractivity contribution >= 4 is 48.8 Å². The lowest BCUT2D eigenvalue weighted by Crippen LogP contribution is -2.09. The van der Waals surface area contributed by atoms with Crippen molar-refractivity contribution in [2.75, 3.05) is 17.3 Å². The van der Waals surface area contributed by atoms with Gasteiger partial charge in [0.2, 0.25) is 0 Å². The van der Waals surface area contributed by atoms with E-state index >= 15 is 0 Å². The Hall–Kier alpha value is 1.40. The monoisotopic (exact) mass is 256 g/mol. The summed E-state index contributed by atoms with van der Waals surface area (Å²) >= 11 is 12.7. The molecule has 0 N–H and O–H groups in total. The van der Waals surface area contributed by atoms with Gasteiger partial charge in [0.05, 0.1) is 0 Å². The zero-order chi connectivity index (χ0) is 10.3. The number of thioether (sulfide) groups is 2. The average Bonchev–Trinajstić information content (AvgIpc) is 2.10. The van der Waals surface area contributed by atoms with Crippen LogP contribution in [0.5, 0.6) is 0 Å². The van der Waals surface area contributed by atoms with Crippen molar-refractivity contribution in [2.45, 2.75) is 36.5 Å². The maximum absolute atomic E-state index is 4.36. The van der Waals surface area contributed by atoms with E-state index in [-0.39, 0.29) is 0 Å². The van der Waals surface area contributed by atoms with Crippen molar-refractivity contribution in [1.82, 2.24) is 0 Å². The van der Waals surface area contributed by atoms with Gasteiger partial charge < -0.3 is 0 Å². The molecule has 0 nitrogen and oxygen atoms in total. The van der Waals surface area contributed by atoms with Crippen LogP contribution in [-0.4, -0.2) is 33.0 Å². The van der Waals surface area contributed by atoms with Crippen molar-refractivity contribution in [3.8, 4) is 0 Å². The molecule has 0 radical (unpaired) electrons. The fraction of sp³-hybridized carbons (Fsp3) is 1.00. The minimum Gasteiger partial charge on any atom is -0.178 e. The Morgan fingerprint density at radius 3 is 2.00 bits per heavy atom. The van der Waals surface area contributed by atoms with Gasteiger partial charge in [-0.1, -0.05) is 20.8 Å². The van der Waals surface area contributed by atoms with Gasteiger partial charge in [0.15, 0.2) is 0 Å². The van der Waals surface area contributed by atoms with Crippen LogP contribution >= 0.6 is 48.8 Å². The van der Waals surface area contributed by atoms with Crippen molar-refractivity contribution < 1.29 is 0 Å². The van der Waals surface area contributed by atoms with Gasteiger partial charge in [-0.2, -0.15) is 48.8 Å². The highest BCUT2D eigenvalue weighted by Gasteiger charge is 2.07. The molecule has 3 atom stereocenters. The number of thiol groups is 2. The van der Waals surface area contributed by atoms with Gasteiger partial charge >= 0.3 is 0 Å². The first kappa shape index (κ1) is 14.4. The lowest BCUT2D eigenvalue weighted by molar-refractivity contribution is 1.07. The summed E-state index contributed by atoms with van der Waals surface area (Å²) in [5, 5.41) is 1.93. The van der Waals surface area contributed by atoms with Crippen LogP contribution in [0.15, 0.2) is 0 Å². The van der Waals surface area contributed by atoms with E-state index in [4.69, 9.17) is 0 Å². The SMILES string of the molecule is CC(S)CSC(C)CSC(C)CS. The van der Waals surface area contributed by atoms with Gasteiger partial charge in [0.1, 0.15) is 0 Å². The van der Waals surface area contributed by atoms with Crippen molar-refractivity contribution in [3.63, 3.8) is 0 Å². The Bertz CT molecular complexity index is 116. The van der Waals surface area contributed by atoms with Crippen LogP contribution in [0, 0.1) is 0 Å². The summed E-state index contributed by atoms with van der Waals surface area (Å²) < 4.78 is 0. The molecule has 0 aliphatic rings. The molecule has 0 heterocycles. The minimum absolute atomic E-state index is 0.514. The Morgan fingerprint density at radius 2 is 1.54 bits per heavy atom. The second-order valence-electron chi connectivity index (χ2n) is 3.32. The van der Waals surface area contributed by atoms with E-state index in [2.05, 4.69) is 46.0 Å². The summed E-state index contributed by atoms with van der Waals surface area (Å²) in [6.45, 7) is 6.67. The normalized spacial score (nSPS) is 18.2. The molecule has 0 aromatic rings. The lowest BCUT2D eigenvalue weighted by Gasteiger charge is -2.14. The molecule has 0 bridgehead atoms. The predicted molar refractivity (Wildman–Crippen MR) is 76.1 cm³/mol. The second kappa shape index (κ2) is 8.69. The maximum atomic E-state index is 4.36. The van der Waals surface area contributed by atoms with E-state index in [1.165, 1.54) is 5.75 Å². The van der Waals surface area contributed by atoms with Gasteiger partial charge in [-0.05, 0) is 0 Å². The third kappa shape index (κ3) is 9.70. The molecule has 0 rings (SSSR count). The first-order chi connectivity index (χ1) is 6.06. The Labute approximate surface area is 102 Å². The fourth-order valence-electron chi connectivity index (χ4n) is 0.704. The molecule has 0 saturated carbocycles. The second-order valence-corrected chi connectivity index (χ2v) is 7.51. The van der Waals surface area contributed by atoms with Crippen LogP contribution in [0.4, 0.5) is 0 Å². The molecule has 3 unspecified atom stereocenters. The van der Waals surface area contributed by atoms with E-state index in [1.807, 2.05) is 23.5 Å². The molecule has 0 saturated heterocycles. The summed E-state index contributed by atoms with van der Waals surface area (Å²) in [6.07, 6.45) is 0. The molecule has 4 heteroatoms. The molecule has 0 aromatic heterocycles. The summed E-state index contributed by atoms with van der Waals surface area (Å²) in [5.41, 5.74) is 0. The highest BCUT2D eigenvalue weighted by atomic mass is 32.2. The van der Waals surface area contributed by atoms with Crippen LogP contribution in [0.1, 0.15) is 20.8 Å². The average molecular weight is 257 g/mol. The smallest absolute Gasteiger partial charge is 0.0110 e. The van der Waals surface area contributed by atoms with Gasteiger partial charge in [0.25, 0.3) is 0 Å². The summed E-state index contributed by atoms with van der Waals surface area (Å²) in [6, 6.07) is 0. The van der Waals surface area contributed by atoms with Gasteiger partial charge in [-0.3, -0.25) is 0 Å². The zero-order valence-electron chi connectivity index (χ0n) is 8.56. The van der Waals surface area contributed by atoms with Gasteiger partial charge in [0, 0.05) is 33.0 Å². The Kier molecular flexibility index (Phi) is 9.62. The molecule has 0 aliphatic carbocycles.